The van der Waals surface area contributed by atoms with Crippen LogP contribution in [0.25, 0.3) is 0 Å². The molecule has 0 aliphatic heterocycles. The Morgan fingerprint density at radius 1 is 1.53 bits per heavy atom. The van der Waals surface area contributed by atoms with Crippen molar-refractivity contribution >= 4 is 5.91 Å². The van der Waals surface area contributed by atoms with Gasteiger partial charge in [0.2, 0.25) is 5.91 Å². The van der Waals surface area contributed by atoms with Crippen LogP contribution in [0.5, 0.6) is 0 Å². The summed E-state index contributed by atoms with van der Waals surface area (Å²) in [4.78, 5) is 11.9. The maximum atomic E-state index is 11.9. The lowest BCUT2D eigenvalue weighted by atomic mass is 9.98. The van der Waals surface area contributed by atoms with Gasteiger partial charge in [-0.05, 0) is 25.7 Å². The third-order valence-electron chi connectivity index (χ3n) is 3.45. The summed E-state index contributed by atoms with van der Waals surface area (Å²) in [5.41, 5.74) is 5.38. The Labute approximate surface area is 103 Å². The molecule has 1 rings (SSSR count). The number of amides is 1. The van der Waals surface area contributed by atoms with E-state index >= 15 is 0 Å². The Morgan fingerprint density at radius 2 is 2.18 bits per heavy atom. The molecule has 4 N–H and O–H groups in total. The van der Waals surface area contributed by atoms with Crippen molar-refractivity contribution in [1.82, 2.24) is 5.32 Å². The largest absolute Gasteiger partial charge is 0.394 e. The highest BCUT2D eigenvalue weighted by Crippen LogP contribution is 2.29. The number of methoxy groups -OCH3 is 1. The number of aliphatic hydroxyl groups excluding tert-OH is 1. The zero-order valence-electron chi connectivity index (χ0n) is 10.6. The van der Waals surface area contributed by atoms with Gasteiger partial charge in [0, 0.05) is 13.7 Å². The second-order valence-corrected chi connectivity index (χ2v) is 4.88. The molecule has 0 bridgehead atoms. The van der Waals surface area contributed by atoms with Gasteiger partial charge in [0.25, 0.3) is 0 Å². The van der Waals surface area contributed by atoms with E-state index in [0.717, 1.165) is 32.1 Å². The molecule has 0 saturated heterocycles. The van der Waals surface area contributed by atoms with Crippen LogP contribution in [0.4, 0.5) is 0 Å². The normalized spacial score (nSPS) is 20.2. The van der Waals surface area contributed by atoms with E-state index in [9.17, 15) is 9.90 Å². The summed E-state index contributed by atoms with van der Waals surface area (Å²) in [6.07, 6.45) is 5.19. The summed E-state index contributed by atoms with van der Waals surface area (Å²) < 4.78 is 4.92. The Balaban J connectivity index is 2.36. The molecule has 0 heterocycles. The number of ether oxygens (including phenoxy) is 1. The van der Waals surface area contributed by atoms with E-state index in [1.54, 1.807) is 7.11 Å². The zero-order chi connectivity index (χ0) is 12.7. The smallest absolute Gasteiger partial charge is 0.237 e. The molecule has 1 amide bonds. The van der Waals surface area contributed by atoms with Gasteiger partial charge < -0.3 is 20.9 Å². The molecule has 1 unspecified atom stereocenters. The Bertz CT molecular complexity index is 240. The first-order valence-electron chi connectivity index (χ1n) is 6.31. The number of rotatable bonds is 7. The number of carbonyl (C=O) groups is 1. The first kappa shape index (κ1) is 14.4. The van der Waals surface area contributed by atoms with Crippen LogP contribution in [0.15, 0.2) is 0 Å². The lowest BCUT2D eigenvalue weighted by molar-refractivity contribution is -0.125. The summed E-state index contributed by atoms with van der Waals surface area (Å²) in [6.45, 7) is 0.621. The van der Waals surface area contributed by atoms with Gasteiger partial charge in [-0.2, -0.15) is 0 Å². The summed E-state index contributed by atoms with van der Waals surface area (Å²) in [5.74, 6) is -0.156. The fourth-order valence-electron chi connectivity index (χ4n) is 2.31. The quantitative estimate of drug-likeness (QED) is 0.557. The van der Waals surface area contributed by atoms with Gasteiger partial charge in [-0.3, -0.25) is 4.79 Å². The third kappa shape index (κ3) is 4.26. The topological polar surface area (TPSA) is 84.6 Å². The standard InChI is InChI=1S/C12H24N2O3/c1-17-8-4-5-10(13)11(16)14-12(9-15)6-2-3-7-12/h10,15H,2-9,13H2,1H3,(H,14,16). The van der Waals surface area contributed by atoms with Crippen molar-refractivity contribution in [1.29, 1.82) is 0 Å². The molecule has 0 spiro atoms. The van der Waals surface area contributed by atoms with Crippen LogP contribution in [0.3, 0.4) is 0 Å². The molecule has 1 saturated carbocycles. The van der Waals surface area contributed by atoms with E-state index in [-0.39, 0.29) is 12.5 Å². The Morgan fingerprint density at radius 3 is 2.71 bits per heavy atom. The first-order valence-corrected chi connectivity index (χ1v) is 6.31. The fraction of sp³-hybridized carbons (Fsp3) is 0.917. The summed E-state index contributed by atoms with van der Waals surface area (Å²) in [5, 5.41) is 12.3. The summed E-state index contributed by atoms with van der Waals surface area (Å²) in [6, 6.07) is -0.505. The van der Waals surface area contributed by atoms with Crippen molar-refractivity contribution in [2.45, 2.75) is 50.1 Å². The first-order chi connectivity index (χ1) is 8.13. The zero-order valence-corrected chi connectivity index (χ0v) is 10.6. The minimum absolute atomic E-state index is 0.00350. The highest BCUT2D eigenvalue weighted by atomic mass is 16.5. The van der Waals surface area contributed by atoms with Crippen molar-refractivity contribution < 1.29 is 14.6 Å². The maximum Gasteiger partial charge on any atom is 0.237 e. The average Bonchev–Trinajstić information content (AvgIpc) is 2.78. The molecule has 1 aliphatic rings. The fourth-order valence-corrected chi connectivity index (χ4v) is 2.31. The van der Waals surface area contributed by atoms with Crippen molar-refractivity contribution in [2.75, 3.05) is 20.3 Å². The molecule has 0 aromatic heterocycles. The third-order valence-corrected chi connectivity index (χ3v) is 3.45. The van der Waals surface area contributed by atoms with Crippen molar-refractivity contribution in [3.8, 4) is 0 Å². The molecule has 1 aliphatic carbocycles. The van der Waals surface area contributed by atoms with Crippen LogP contribution in [0, 0.1) is 0 Å². The van der Waals surface area contributed by atoms with Gasteiger partial charge in [0.1, 0.15) is 0 Å². The van der Waals surface area contributed by atoms with E-state index < -0.39 is 11.6 Å². The average molecular weight is 244 g/mol. The highest BCUT2D eigenvalue weighted by molar-refractivity contribution is 5.82. The molecule has 1 fully saturated rings. The molecule has 0 radical (unpaired) electrons. The minimum atomic E-state index is -0.505. The molecule has 0 aromatic carbocycles. The second kappa shape index (κ2) is 6.93. The monoisotopic (exact) mass is 244 g/mol. The van der Waals surface area contributed by atoms with Gasteiger partial charge in [-0.1, -0.05) is 12.8 Å². The lowest BCUT2D eigenvalue weighted by Gasteiger charge is -2.29. The van der Waals surface area contributed by atoms with E-state index in [1.165, 1.54) is 0 Å². The van der Waals surface area contributed by atoms with Crippen molar-refractivity contribution in [3.05, 3.63) is 0 Å². The van der Waals surface area contributed by atoms with Crippen LogP contribution in [0.1, 0.15) is 38.5 Å². The number of carbonyl (C=O) groups excluding carboxylic acids is 1. The number of hydrogen-bond donors (Lipinski definition) is 3. The number of aliphatic hydroxyl groups is 1. The molecule has 1 atom stereocenters. The summed E-state index contributed by atoms with van der Waals surface area (Å²) >= 11 is 0. The van der Waals surface area contributed by atoms with E-state index in [2.05, 4.69) is 5.32 Å². The molecular formula is C12H24N2O3. The number of nitrogens with two attached hydrogens (primary N) is 1. The van der Waals surface area contributed by atoms with Crippen LogP contribution in [-0.2, 0) is 9.53 Å². The highest BCUT2D eigenvalue weighted by Gasteiger charge is 2.35. The molecule has 100 valence electrons. The van der Waals surface area contributed by atoms with Crippen molar-refractivity contribution in [3.63, 3.8) is 0 Å². The van der Waals surface area contributed by atoms with Gasteiger partial charge in [0.05, 0.1) is 18.2 Å². The van der Waals surface area contributed by atoms with Gasteiger partial charge in [-0.15, -0.1) is 0 Å². The van der Waals surface area contributed by atoms with Gasteiger partial charge in [-0.25, -0.2) is 0 Å². The Kier molecular flexibility index (Phi) is 5.88. The van der Waals surface area contributed by atoms with E-state index in [0.29, 0.717) is 13.0 Å². The minimum Gasteiger partial charge on any atom is -0.394 e. The molecule has 5 heteroatoms. The predicted molar refractivity (Wildman–Crippen MR) is 65.5 cm³/mol. The van der Waals surface area contributed by atoms with Crippen LogP contribution < -0.4 is 11.1 Å². The lowest BCUT2D eigenvalue weighted by Crippen LogP contribution is -2.54. The van der Waals surface area contributed by atoms with E-state index in [4.69, 9.17) is 10.5 Å². The number of hydrogen-bond acceptors (Lipinski definition) is 4. The molecule has 17 heavy (non-hydrogen) atoms. The van der Waals surface area contributed by atoms with Crippen molar-refractivity contribution in [2.24, 2.45) is 5.73 Å². The molecular weight excluding hydrogens is 220 g/mol. The SMILES string of the molecule is COCCCC(N)C(=O)NC1(CO)CCCC1. The van der Waals surface area contributed by atoms with Gasteiger partial charge in [0.15, 0.2) is 0 Å². The molecule has 0 aromatic rings. The van der Waals surface area contributed by atoms with Gasteiger partial charge >= 0.3 is 0 Å². The predicted octanol–water partition coefficient (Wildman–Crippen LogP) is 0.162. The van der Waals surface area contributed by atoms with Crippen LogP contribution >= 0.6 is 0 Å². The number of nitrogens with one attached hydrogen (secondary N) is 1. The maximum absolute atomic E-state index is 11.9. The van der Waals surface area contributed by atoms with Crippen LogP contribution in [-0.4, -0.2) is 42.9 Å². The summed E-state index contributed by atoms with van der Waals surface area (Å²) in [7, 11) is 1.63. The second-order valence-electron chi connectivity index (χ2n) is 4.88. The Hall–Kier alpha value is -0.650. The molecule has 5 nitrogen and oxygen atoms in total. The van der Waals surface area contributed by atoms with Crippen LogP contribution in [0.2, 0.25) is 0 Å². The van der Waals surface area contributed by atoms with E-state index in [1.807, 2.05) is 0 Å².